The van der Waals surface area contributed by atoms with Gasteiger partial charge < -0.3 is 9.80 Å². The lowest BCUT2D eigenvalue weighted by Crippen LogP contribution is -2.51. The average Bonchev–Trinajstić information content (AvgIpc) is 3.32. The van der Waals surface area contributed by atoms with Gasteiger partial charge in [-0.3, -0.25) is 14.7 Å². The second kappa shape index (κ2) is 6.51. The van der Waals surface area contributed by atoms with Crippen molar-refractivity contribution in [1.29, 1.82) is 0 Å². The molecule has 3 heterocycles. The molecule has 4 rings (SSSR count). The summed E-state index contributed by atoms with van der Waals surface area (Å²) in [5.41, 5.74) is 0.614. The summed E-state index contributed by atoms with van der Waals surface area (Å²) in [6.07, 6.45) is 4.74. The minimum Gasteiger partial charge on any atom is -0.337 e. The number of hydrogen-bond donors (Lipinski definition) is 1. The van der Waals surface area contributed by atoms with E-state index in [1.54, 1.807) is 16.0 Å². The highest BCUT2D eigenvalue weighted by molar-refractivity contribution is 5.95. The van der Waals surface area contributed by atoms with Crippen LogP contribution in [0.2, 0.25) is 0 Å². The number of amides is 2. The molecule has 6 nitrogen and oxygen atoms in total. The molecule has 0 unspecified atom stereocenters. The summed E-state index contributed by atoms with van der Waals surface area (Å²) in [6, 6.07) is 3.10. The van der Waals surface area contributed by atoms with Crippen molar-refractivity contribution in [1.82, 2.24) is 20.0 Å². The molecule has 0 saturated carbocycles. The number of aromatic nitrogens is 2. The van der Waals surface area contributed by atoms with Crippen LogP contribution in [0.4, 0.5) is 8.78 Å². The molecule has 0 aliphatic carbocycles. The monoisotopic (exact) mass is 360 g/mol. The van der Waals surface area contributed by atoms with Crippen LogP contribution in [0.1, 0.15) is 33.6 Å². The molecule has 2 amide bonds. The van der Waals surface area contributed by atoms with Gasteiger partial charge in [0.2, 0.25) is 0 Å². The Morgan fingerprint density at radius 3 is 2.62 bits per heavy atom. The molecule has 1 N–H and O–H groups in total. The number of carbonyl (C=O) groups is 2. The summed E-state index contributed by atoms with van der Waals surface area (Å²) in [7, 11) is 0. The smallest absolute Gasteiger partial charge is 0.257 e. The van der Waals surface area contributed by atoms with E-state index >= 15 is 0 Å². The molecule has 2 aromatic rings. The topological polar surface area (TPSA) is 69.3 Å². The number of likely N-dealkylation sites (tertiary alicyclic amines) is 2. The Morgan fingerprint density at radius 1 is 1.08 bits per heavy atom. The molecule has 0 radical (unpaired) electrons. The van der Waals surface area contributed by atoms with Gasteiger partial charge in [-0.25, -0.2) is 8.78 Å². The van der Waals surface area contributed by atoms with E-state index in [-0.39, 0.29) is 23.4 Å². The fraction of sp³-hybridized carbons (Fsp3) is 0.389. The number of halogens is 2. The predicted octanol–water partition coefficient (Wildman–Crippen LogP) is 2.06. The normalized spacial score (nSPS) is 22.4. The summed E-state index contributed by atoms with van der Waals surface area (Å²) < 4.78 is 26.5. The summed E-state index contributed by atoms with van der Waals surface area (Å²) in [5, 5.41) is 6.45. The molecular weight excluding hydrogens is 342 g/mol. The van der Waals surface area contributed by atoms with Crippen molar-refractivity contribution in [3.63, 3.8) is 0 Å². The van der Waals surface area contributed by atoms with Gasteiger partial charge >= 0.3 is 0 Å². The van der Waals surface area contributed by atoms with Crippen LogP contribution >= 0.6 is 0 Å². The lowest BCUT2D eigenvalue weighted by atomic mass is 9.91. The number of aromatic amines is 1. The van der Waals surface area contributed by atoms with Gasteiger partial charge in [-0.1, -0.05) is 0 Å². The number of benzene rings is 1. The van der Waals surface area contributed by atoms with E-state index in [4.69, 9.17) is 0 Å². The zero-order chi connectivity index (χ0) is 18.3. The molecule has 136 valence electrons. The van der Waals surface area contributed by atoms with Crippen molar-refractivity contribution in [2.24, 2.45) is 5.92 Å². The number of piperidine rings is 1. The van der Waals surface area contributed by atoms with Crippen LogP contribution in [-0.4, -0.2) is 57.5 Å². The number of carbonyl (C=O) groups excluding carboxylic acids is 2. The fourth-order valence-corrected chi connectivity index (χ4v) is 3.92. The van der Waals surface area contributed by atoms with Gasteiger partial charge in [-0.2, -0.15) is 5.10 Å². The third-order valence-electron chi connectivity index (χ3n) is 5.32. The minimum absolute atomic E-state index is 0.0691. The SMILES string of the molecule is O=C(c1ccc(F)c(F)c1)N1CC[C@@H]2CCN(C(=O)c3cn[nH]c3)[C@@H]2C1. The van der Waals surface area contributed by atoms with E-state index in [0.717, 1.165) is 25.0 Å². The number of nitrogens with zero attached hydrogens (tertiary/aromatic N) is 3. The first-order valence-corrected chi connectivity index (χ1v) is 8.58. The Bertz CT molecular complexity index is 840. The van der Waals surface area contributed by atoms with Gasteiger partial charge in [-0.15, -0.1) is 0 Å². The van der Waals surface area contributed by atoms with E-state index in [1.165, 1.54) is 12.3 Å². The van der Waals surface area contributed by atoms with Gasteiger partial charge in [0.15, 0.2) is 11.6 Å². The molecule has 2 aliphatic rings. The molecule has 2 saturated heterocycles. The van der Waals surface area contributed by atoms with Crippen LogP contribution in [0.15, 0.2) is 30.6 Å². The highest BCUT2D eigenvalue weighted by atomic mass is 19.2. The number of fused-ring (bicyclic) bond motifs is 1. The van der Waals surface area contributed by atoms with Gasteiger partial charge in [0, 0.05) is 31.4 Å². The highest BCUT2D eigenvalue weighted by Gasteiger charge is 2.42. The Balaban J connectivity index is 1.51. The number of rotatable bonds is 2. The van der Waals surface area contributed by atoms with Crippen LogP contribution in [-0.2, 0) is 0 Å². The second-order valence-corrected chi connectivity index (χ2v) is 6.77. The quantitative estimate of drug-likeness (QED) is 0.891. The van der Waals surface area contributed by atoms with Crippen LogP contribution in [0, 0.1) is 17.6 Å². The average molecular weight is 360 g/mol. The van der Waals surface area contributed by atoms with Crippen molar-refractivity contribution < 1.29 is 18.4 Å². The van der Waals surface area contributed by atoms with Crippen molar-refractivity contribution in [2.45, 2.75) is 18.9 Å². The van der Waals surface area contributed by atoms with E-state index < -0.39 is 11.6 Å². The Hall–Kier alpha value is -2.77. The molecule has 0 bridgehead atoms. The highest BCUT2D eigenvalue weighted by Crippen LogP contribution is 2.33. The van der Waals surface area contributed by atoms with Crippen molar-refractivity contribution in [3.05, 3.63) is 53.4 Å². The van der Waals surface area contributed by atoms with Crippen LogP contribution in [0.25, 0.3) is 0 Å². The van der Waals surface area contributed by atoms with Crippen molar-refractivity contribution in [3.8, 4) is 0 Å². The molecule has 1 aromatic carbocycles. The maximum atomic E-state index is 13.4. The standard InChI is InChI=1S/C18H18F2N4O2/c19-14-2-1-12(7-15(14)20)17(25)23-5-3-11-4-6-24(16(11)10-23)18(26)13-8-21-22-9-13/h1-2,7-9,11,16H,3-6,10H2,(H,21,22)/t11-,16-/m1/s1. The molecule has 2 fully saturated rings. The lowest BCUT2D eigenvalue weighted by Gasteiger charge is -2.38. The number of hydrogen-bond acceptors (Lipinski definition) is 3. The van der Waals surface area contributed by atoms with Crippen LogP contribution < -0.4 is 0 Å². The predicted molar refractivity (Wildman–Crippen MR) is 88.4 cm³/mol. The van der Waals surface area contributed by atoms with E-state index in [2.05, 4.69) is 10.2 Å². The van der Waals surface area contributed by atoms with Crippen molar-refractivity contribution >= 4 is 11.8 Å². The second-order valence-electron chi connectivity index (χ2n) is 6.77. The molecule has 1 aromatic heterocycles. The summed E-state index contributed by atoms with van der Waals surface area (Å²) >= 11 is 0. The summed E-state index contributed by atoms with van der Waals surface area (Å²) in [6.45, 7) is 1.59. The molecular formula is C18H18F2N4O2. The zero-order valence-corrected chi connectivity index (χ0v) is 14.0. The molecule has 0 spiro atoms. The van der Waals surface area contributed by atoms with Gasteiger partial charge in [0.1, 0.15) is 0 Å². The molecule has 8 heteroatoms. The van der Waals surface area contributed by atoms with Gasteiger partial charge in [-0.05, 0) is 37.0 Å². The Labute approximate surface area is 148 Å². The van der Waals surface area contributed by atoms with Gasteiger partial charge in [0.05, 0.1) is 17.8 Å². The fourth-order valence-electron chi connectivity index (χ4n) is 3.92. The largest absolute Gasteiger partial charge is 0.337 e. The molecule has 2 aliphatic heterocycles. The summed E-state index contributed by atoms with van der Waals surface area (Å²) in [5.74, 6) is -2.12. The van der Waals surface area contributed by atoms with Crippen molar-refractivity contribution in [2.75, 3.05) is 19.6 Å². The van der Waals surface area contributed by atoms with Gasteiger partial charge in [0.25, 0.3) is 11.8 Å². The first-order chi connectivity index (χ1) is 12.5. The maximum absolute atomic E-state index is 13.4. The van der Waals surface area contributed by atoms with E-state index in [0.29, 0.717) is 31.1 Å². The third kappa shape index (κ3) is 2.85. The van der Waals surface area contributed by atoms with E-state index in [9.17, 15) is 18.4 Å². The number of H-pyrrole nitrogens is 1. The van der Waals surface area contributed by atoms with Crippen LogP contribution in [0.5, 0.6) is 0 Å². The maximum Gasteiger partial charge on any atom is 0.257 e. The third-order valence-corrected chi connectivity index (χ3v) is 5.32. The first-order valence-electron chi connectivity index (χ1n) is 8.58. The lowest BCUT2D eigenvalue weighted by molar-refractivity contribution is 0.0499. The van der Waals surface area contributed by atoms with E-state index in [1.807, 2.05) is 0 Å². The number of nitrogens with one attached hydrogen (secondary N) is 1. The van der Waals surface area contributed by atoms with Crippen LogP contribution in [0.3, 0.4) is 0 Å². The Morgan fingerprint density at radius 2 is 1.88 bits per heavy atom. The summed E-state index contributed by atoms with van der Waals surface area (Å²) in [4.78, 5) is 28.7. The first kappa shape index (κ1) is 16.7. The molecule has 2 atom stereocenters. The molecule has 26 heavy (non-hydrogen) atoms. The Kier molecular flexibility index (Phi) is 4.18. The minimum atomic E-state index is -1.04. The zero-order valence-electron chi connectivity index (χ0n) is 14.0.